The Morgan fingerprint density at radius 3 is 2.25 bits per heavy atom. The quantitative estimate of drug-likeness (QED) is 0.627. The van der Waals surface area contributed by atoms with Crippen molar-refractivity contribution >= 4 is 50.9 Å². The molecule has 5 nitrogen and oxygen atoms in total. The SMILES string of the molecule is CS(=O)(=O)OC(C1CC1C(=O)O)C(Cl)(Cl)Cl. The van der Waals surface area contributed by atoms with Crippen molar-refractivity contribution in [3.63, 3.8) is 0 Å². The Kier molecular flexibility index (Phi) is 4.02. The molecule has 0 saturated heterocycles. The van der Waals surface area contributed by atoms with Crippen molar-refractivity contribution in [2.75, 3.05) is 6.26 Å². The number of rotatable bonds is 4. The van der Waals surface area contributed by atoms with Gasteiger partial charge in [-0.2, -0.15) is 8.42 Å². The highest BCUT2D eigenvalue weighted by atomic mass is 35.6. The molecule has 0 aromatic carbocycles. The van der Waals surface area contributed by atoms with Gasteiger partial charge in [0, 0.05) is 5.92 Å². The highest BCUT2D eigenvalue weighted by Gasteiger charge is 2.56. The van der Waals surface area contributed by atoms with Crippen LogP contribution < -0.4 is 0 Å². The zero-order valence-electron chi connectivity index (χ0n) is 8.06. The second kappa shape index (κ2) is 4.49. The van der Waals surface area contributed by atoms with Crippen molar-refractivity contribution in [2.45, 2.75) is 16.3 Å². The van der Waals surface area contributed by atoms with Gasteiger partial charge in [0.2, 0.25) is 3.79 Å². The fourth-order valence-corrected chi connectivity index (χ4v) is 2.83. The zero-order valence-corrected chi connectivity index (χ0v) is 11.1. The van der Waals surface area contributed by atoms with Crippen LogP contribution in [0.5, 0.6) is 0 Å². The number of hydrogen-bond acceptors (Lipinski definition) is 4. The minimum atomic E-state index is -3.81. The van der Waals surface area contributed by atoms with Crippen LogP contribution in [0.2, 0.25) is 0 Å². The summed E-state index contributed by atoms with van der Waals surface area (Å²) < 4.78 is 24.5. The third kappa shape index (κ3) is 3.92. The van der Waals surface area contributed by atoms with Crippen LogP contribution in [0.3, 0.4) is 0 Å². The van der Waals surface area contributed by atoms with Crippen LogP contribution in [0.15, 0.2) is 0 Å². The second-order valence-electron chi connectivity index (χ2n) is 3.61. The molecule has 0 amide bonds. The van der Waals surface area contributed by atoms with E-state index in [0.717, 1.165) is 6.26 Å². The van der Waals surface area contributed by atoms with Crippen LogP contribution in [0.4, 0.5) is 0 Å². The van der Waals surface area contributed by atoms with Crippen LogP contribution in [0.25, 0.3) is 0 Å². The first kappa shape index (κ1) is 14.3. The second-order valence-corrected chi connectivity index (χ2v) is 7.58. The Bertz CT molecular complexity index is 387. The number of carboxylic acid groups (broad SMARTS) is 1. The molecular weight excluding hydrogens is 302 g/mol. The van der Waals surface area contributed by atoms with E-state index in [1.54, 1.807) is 0 Å². The van der Waals surface area contributed by atoms with E-state index in [9.17, 15) is 13.2 Å². The molecule has 0 aromatic heterocycles. The van der Waals surface area contributed by atoms with E-state index in [4.69, 9.17) is 39.9 Å². The Morgan fingerprint density at radius 1 is 1.50 bits per heavy atom. The van der Waals surface area contributed by atoms with E-state index in [1.807, 2.05) is 0 Å². The molecule has 9 heteroatoms. The number of halogens is 3. The van der Waals surface area contributed by atoms with Crippen molar-refractivity contribution < 1.29 is 22.5 Å². The van der Waals surface area contributed by atoms with Gasteiger partial charge in [-0.05, 0) is 6.42 Å². The molecule has 1 rings (SSSR count). The van der Waals surface area contributed by atoms with Gasteiger partial charge in [-0.25, -0.2) is 0 Å². The average Bonchev–Trinajstić information content (AvgIpc) is 2.74. The topological polar surface area (TPSA) is 80.7 Å². The fourth-order valence-electron chi connectivity index (χ4n) is 1.39. The highest BCUT2D eigenvalue weighted by Crippen LogP contribution is 2.50. The fraction of sp³-hybridized carbons (Fsp3) is 0.857. The van der Waals surface area contributed by atoms with Crippen molar-refractivity contribution in [3.05, 3.63) is 0 Å². The van der Waals surface area contributed by atoms with Crippen molar-refractivity contribution in [2.24, 2.45) is 11.8 Å². The molecule has 0 spiro atoms. The van der Waals surface area contributed by atoms with Crippen LogP contribution in [-0.4, -0.2) is 35.6 Å². The average molecular weight is 312 g/mol. The van der Waals surface area contributed by atoms with Crippen molar-refractivity contribution in [3.8, 4) is 0 Å². The van der Waals surface area contributed by atoms with Gasteiger partial charge in [0.1, 0.15) is 6.10 Å². The van der Waals surface area contributed by atoms with Gasteiger partial charge in [-0.3, -0.25) is 8.98 Å². The van der Waals surface area contributed by atoms with Gasteiger partial charge in [0.25, 0.3) is 10.1 Å². The maximum absolute atomic E-state index is 11.0. The summed E-state index contributed by atoms with van der Waals surface area (Å²) >= 11 is 16.7. The summed E-state index contributed by atoms with van der Waals surface area (Å²) in [6.07, 6.45) is -0.216. The van der Waals surface area contributed by atoms with Gasteiger partial charge < -0.3 is 5.11 Å². The summed E-state index contributed by atoms with van der Waals surface area (Å²) in [6.45, 7) is 0. The minimum Gasteiger partial charge on any atom is -0.481 e. The van der Waals surface area contributed by atoms with Crippen LogP contribution in [0, 0.1) is 11.8 Å². The number of hydrogen-bond donors (Lipinski definition) is 1. The molecule has 1 aliphatic carbocycles. The van der Waals surface area contributed by atoms with Gasteiger partial charge in [0.05, 0.1) is 12.2 Å². The number of carbonyl (C=O) groups is 1. The summed E-state index contributed by atoms with van der Waals surface area (Å²) in [5.41, 5.74) is 0. The molecule has 1 fully saturated rings. The molecule has 94 valence electrons. The minimum absolute atomic E-state index is 0.240. The Morgan fingerprint density at radius 2 is 2.00 bits per heavy atom. The molecule has 1 aliphatic rings. The van der Waals surface area contributed by atoms with Gasteiger partial charge in [-0.15, -0.1) is 0 Å². The lowest BCUT2D eigenvalue weighted by Crippen LogP contribution is -2.34. The maximum atomic E-state index is 11.0. The van der Waals surface area contributed by atoms with Crippen LogP contribution in [-0.2, 0) is 19.1 Å². The summed E-state index contributed by atoms with van der Waals surface area (Å²) in [6, 6.07) is 0. The van der Waals surface area contributed by atoms with E-state index in [1.165, 1.54) is 0 Å². The standard InChI is InChI=1S/C7H9Cl3O5S/c1-16(13,14)15-5(7(8,9)10)3-2-4(3)6(11)12/h3-5H,2H2,1H3,(H,11,12). The third-order valence-electron chi connectivity index (χ3n) is 2.15. The molecule has 3 atom stereocenters. The first-order valence-electron chi connectivity index (χ1n) is 4.20. The van der Waals surface area contributed by atoms with E-state index in [2.05, 4.69) is 4.18 Å². The van der Waals surface area contributed by atoms with E-state index in [-0.39, 0.29) is 6.42 Å². The Balaban J connectivity index is 2.80. The summed E-state index contributed by atoms with van der Waals surface area (Å²) in [5, 5.41) is 8.70. The normalized spacial score (nSPS) is 27.5. The third-order valence-corrected chi connectivity index (χ3v) is 3.35. The van der Waals surface area contributed by atoms with Crippen LogP contribution >= 0.6 is 34.8 Å². The highest BCUT2D eigenvalue weighted by molar-refractivity contribution is 7.86. The first-order chi connectivity index (χ1) is 7.02. The molecule has 0 radical (unpaired) electrons. The Labute approximate surface area is 108 Å². The molecule has 0 heterocycles. The molecule has 16 heavy (non-hydrogen) atoms. The van der Waals surface area contributed by atoms with Gasteiger partial charge in [0.15, 0.2) is 0 Å². The summed E-state index contributed by atoms with van der Waals surface area (Å²) in [4.78, 5) is 10.6. The van der Waals surface area contributed by atoms with Crippen molar-refractivity contribution in [1.29, 1.82) is 0 Å². The van der Waals surface area contributed by atoms with E-state index >= 15 is 0 Å². The van der Waals surface area contributed by atoms with Crippen molar-refractivity contribution in [1.82, 2.24) is 0 Å². The lowest BCUT2D eigenvalue weighted by atomic mass is 10.2. The summed E-state index contributed by atoms with van der Waals surface area (Å²) in [7, 11) is -3.81. The van der Waals surface area contributed by atoms with Gasteiger partial charge >= 0.3 is 5.97 Å². The molecule has 1 N–H and O–H groups in total. The zero-order chi connectivity index (χ0) is 12.7. The van der Waals surface area contributed by atoms with Gasteiger partial charge in [-0.1, -0.05) is 34.8 Å². The predicted octanol–water partition coefficient (Wildman–Crippen LogP) is 1.42. The molecule has 3 unspecified atom stereocenters. The maximum Gasteiger partial charge on any atom is 0.306 e. The molecule has 0 aliphatic heterocycles. The predicted molar refractivity (Wildman–Crippen MR) is 59.2 cm³/mol. The molecule has 1 saturated carbocycles. The van der Waals surface area contributed by atoms with E-state index < -0.39 is 37.8 Å². The summed E-state index contributed by atoms with van der Waals surface area (Å²) in [5.74, 6) is -2.37. The number of aliphatic carboxylic acids is 1. The number of carboxylic acids is 1. The Hall–Kier alpha value is 0.250. The number of alkyl halides is 3. The first-order valence-corrected chi connectivity index (χ1v) is 7.15. The lowest BCUT2D eigenvalue weighted by Gasteiger charge is -2.23. The molecular formula is C7H9Cl3O5S. The lowest BCUT2D eigenvalue weighted by molar-refractivity contribution is -0.139. The smallest absolute Gasteiger partial charge is 0.306 e. The monoisotopic (exact) mass is 310 g/mol. The van der Waals surface area contributed by atoms with E-state index in [0.29, 0.717) is 0 Å². The molecule has 0 bridgehead atoms. The largest absolute Gasteiger partial charge is 0.481 e. The van der Waals surface area contributed by atoms with Crippen LogP contribution in [0.1, 0.15) is 6.42 Å². The molecule has 0 aromatic rings.